The standard InChI is InChI=1S/C36H24ClF3N6O8S2/c37-23-10-22(27-6-8-29(53-27)33-42-35(46-44-33)56-17-31(49)50)12-24(14-23)51-15-18-1-3-19(4-2-18)20-9-21(13-25(11-20)54-36(38,39)40)26-5-7-28(52-26)32-41-34(45-43-32)55-16-30(47)48/h1-14H,15-17H2,(H,47,48)(H,49,50)(H,41,43,45)(H,42,44,46). The number of aliphatic carboxylic acids is 2. The highest BCUT2D eigenvalue weighted by atomic mass is 35.5. The van der Waals surface area contributed by atoms with Gasteiger partial charge in [0.25, 0.3) is 0 Å². The summed E-state index contributed by atoms with van der Waals surface area (Å²) in [7, 11) is 0. The number of H-pyrrole nitrogens is 2. The van der Waals surface area contributed by atoms with E-state index >= 15 is 0 Å². The molecule has 0 saturated carbocycles. The number of hydrogen-bond donors (Lipinski definition) is 4. The first-order chi connectivity index (χ1) is 26.8. The number of carboxylic acid groups (broad SMARTS) is 2. The van der Waals surface area contributed by atoms with Crippen LogP contribution < -0.4 is 9.47 Å². The number of rotatable bonds is 15. The number of furan rings is 2. The Morgan fingerprint density at radius 3 is 1.75 bits per heavy atom. The maximum atomic E-state index is 13.3. The second-order valence-electron chi connectivity index (χ2n) is 11.6. The minimum atomic E-state index is -4.95. The molecule has 0 spiro atoms. The van der Waals surface area contributed by atoms with E-state index in [1.54, 1.807) is 72.8 Å². The summed E-state index contributed by atoms with van der Waals surface area (Å²) in [5.41, 5.74) is 2.67. The van der Waals surface area contributed by atoms with E-state index in [4.69, 9.17) is 35.4 Å². The van der Waals surface area contributed by atoms with Gasteiger partial charge in [-0.05, 0) is 77.4 Å². The van der Waals surface area contributed by atoms with E-state index in [1.165, 1.54) is 12.1 Å². The Balaban J connectivity index is 1.05. The summed E-state index contributed by atoms with van der Waals surface area (Å²) in [6, 6.07) is 22.7. The minimum absolute atomic E-state index is 0.133. The van der Waals surface area contributed by atoms with E-state index in [0.717, 1.165) is 29.1 Å². The molecule has 0 bridgehead atoms. The van der Waals surface area contributed by atoms with Crippen LogP contribution in [0.4, 0.5) is 13.2 Å². The first kappa shape index (κ1) is 38.1. The van der Waals surface area contributed by atoms with Gasteiger partial charge in [-0.2, -0.15) is 9.97 Å². The summed E-state index contributed by atoms with van der Waals surface area (Å²) in [6.45, 7) is 0.133. The maximum Gasteiger partial charge on any atom is 0.573 e. The number of carboxylic acids is 2. The van der Waals surface area contributed by atoms with Crippen molar-refractivity contribution in [2.24, 2.45) is 0 Å². The van der Waals surface area contributed by atoms with Crippen LogP contribution in [0.5, 0.6) is 11.5 Å². The number of aromatic nitrogens is 6. The molecule has 56 heavy (non-hydrogen) atoms. The average molecular weight is 825 g/mol. The number of nitrogens with one attached hydrogen (secondary N) is 2. The van der Waals surface area contributed by atoms with E-state index in [0.29, 0.717) is 50.4 Å². The van der Waals surface area contributed by atoms with Crippen LogP contribution >= 0.6 is 35.1 Å². The van der Waals surface area contributed by atoms with Gasteiger partial charge in [-0.3, -0.25) is 19.8 Å². The molecule has 0 radical (unpaired) electrons. The minimum Gasteiger partial charge on any atom is -0.489 e. The summed E-state index contributed by atoms with van der Waals surface area (Å²) < 4.78 is 62.2. The first-order valence-corrected chi connectivity index (χ1v) is 18.4. The number of halogens is 4. The molecule has 0 aliphatic carbocycles. The molecule has 4 N–H and O–H groups in total. The van der Waals surface area contributed by atoms with Crippen molar-refractivity contribution in [3.05, 3.63) is 95.5 Å². The van der Waals surface area contributed by atoms with Gasteiger partial charge in [0, 0.05) is 16.1 Å². The van der Waals surface area contributed by atoms with Gasteiger partial charge in [-0.1, -0.05) is 59.4 Å². The van der Waals surface area contributed by atoms with Crippen LogP contribution in [-0.2, 0) is 16.2 Å². The summed E-state index contributed by atoms with van der Waals surface area (Å²) in [5.74, 6) is -0.623. The Labute approximate surface area is 326 Å². The second kappa shape index (κ2) is 16.3. The molecular weight excluding hydrogens is 801 g/mol. The van der Waals surface area contributed by atoms with Gasteiger partial charge in [0.15, 0.2) is 23.2 Å². The van der Waals surface area contributed by atoms with Crippen molar-refractivity contribution in [2.75, 3.05) is 11.5 Å². The fourth-order valence-corrected chi connectivity index (χ4v) is 6.45. The number of carbonyl (C=O) groups is 2. The lowest BCUT2D eigenvalue weighted by molar-refractivity contribution is -0.274. The van der Waals surface area contributed by atoms with E-state index in [1.807, 2.05) is 0 Å². The Morgan fingerprint density at radius 1 is 0.679 bits per heavy atom. The molecule has 0 amide bonds. The van der Waals surface area contributed by atoms with Crippen LogP contribution in [0.3, 0.4) is 0 Å². The molecule has 4 aromatic heterocycles. The fraction of sp³-hybridized carbons (Fsp3) is 0.111. The molecule has 20 heteroatoms. The molecule has 0 saturated heterocycles. The summed E-state index contributed by atoms with van der Waals surface area (Å²) in [4.78, 5) is 30.2. The number of alkyl halides is 3. The molecule has 0 aliphatic rings. The fourth-order valence-electron chi connectivity index (χ4n) is 5.18. The van der Waals surface area contributed by atoms with Crippen LogP contribution in [0.1, 0.15) is 5.56 Å². The largest absolute Gasteiger partial charge is 0.573 e. The van der Waals surface area contributed by atoms with Gasteiger partial charge in [0.1, 0.15) is 29.6 Å². The molecule has 3 aromatic carbocycles. The summed E-state index contributed by atoms with van der Waals surface area (Å²) in [5, 5.41) is 31.9. The molecule has 14 nitrogen and oxygen atoms in total. The summed E-state index contributed by atoms with van der Waals surface area (Å²) >= 11 is 8.28. The normalized spacial score (nSPS) is 11.5. The second-order valence-corrected chi connectivity index (χ2v) is 13.9. The average Bonchev–Trinajstić information content (AvgIpc) is 3.99. The zero-order valence-electron chi connectivity index (χ0n) is 28.2. The van der Waals surface area contributed by atoms with Crippen LogP contribution in [-0.4, -0.2) is 70.4 Å². The number of aromatic amines is 2. The number of nitrogens with zero attached hydrogens (tertiary/aromatic N) is 4. The molecule has 0 fully saturated rings. The van der Waals surface area contributed by atoms with Gasteiger partial charge in [0.2, 0.25) is 10.3 Å². The van der Waals surface area contributed by atoms with Crippen LogP contribution in [0.2, 0.25) is 5.02 Å². The van der Waals surface area contributed by atoms with Gasteiger partial charge < -0.3 is 28.5 Å². The highest BCUT2D eigenvalue weighted by molar-refractivity contribution is 8.00. The molecule has 0 atom stereocenters. The molecular formula is C36H24ClF3N6O8S2. The molecule has 286 valence electrons. The zero-order valence-corrected chi connectivity index (χ0v) is 30.6. The van der Waals surface area contributed by atoms with E-state index in [-0.39, 0.29) is 45.8 Å². The lowest BCUT2D eigenvalue weighted by Crippen LogP contribution is -2.17. The SMILES string of the molecule is O=C(O)CSc1n[nH]c(-c2ccc(-c3cc(Cl)cc(OCc4ccc(-c5cc(OC(F)(F)F)cc(-c6ccc(-c7nc(SCC(=O)O)n[nH]7)o6)c5)cc4)c3)o2)n1. The first-order valence-electron chi connectivity index (χ1n) is 16.0. The number of ether oxygens (including phenoxy) is 2. The Morgan fingerprint density at radius 2 is 1.20 bits per heavy atom. The van der Waals surface area contributed by atoms with E-state index < -0.39 is 24.1 Å². The third kappa shape index (κ3) is 9.73. The zero-order chi connectivity index (χ0) is 39.4. The molecule has 7 rings (SSSR count). The monoisotopic (exact) mass is 824 g/mol. The van der Waals surface area contributed by atoms with Gasteiger partial charge >= 0.3 is 18.3 Å². The van der Waals surface area contributed by atoms with Crippen molar-refractivity contribution in [3.8, 4) is 68.4 Å². The number of benzene rings is 3. The quantitative estimate of drug-likeness (QED) is 0.0714. The lowest BCUT2D eigenvalue weighted by Gasteiger charge is -2.13. The van der Waals surface area contributed by atoms with Crippen LogP contribution in [0.15, 0.2) is 104 Å². The Bertz CT molecular complexity index is 2520. The number of hydrogen-bond acceptors (Lipinski definition) is 12. The predicted octanol–water partition coefficient (Wildman–Crippen LogP) is 8.93. The van der Waals surface area contributed by atoms with Gasteiger partial charge in [0.05, 0.1) is 11.5 Å². The summed E-state index contributed by atoms with van der Waals surface area (Å²) in [6.07, 6.45) is -4.95. The highest BCUT2D eigenvalue weighted by Gasteiger charge is 2.31. The van der Waals surface area contributed by atoms with Gasteiger partial charge in [-0.25, -0.2) is 0 Å². The Kier molecular flexibility index (Phi) is 11.1. The predicted molar refractivity (Wildman–Crippen MR) is 197 cm³/mol. The Hall–Kier alpha value is -6.18. The van der Waals surface area contributed by atoms with E-state index in [9.17, 15) is 22.8 Å². The molecule has 7 aromatic rings. The van der Waals surface area contributed by atoms with E-state index in [2.05, 4.69) is 35.1 Å². The smallest absolute Gasteiger partial charge is 0.489 e. The van der Waals surface area contributed by atoms with Gasteiger partial charge in [-0.15, -0.1) is 23.4 Å². The molecule has 0 aliphatic heterocycles. The lowest BCUT2D eigenvalue weighted by atomic mass is 10.0. The van der Waals surface area contributed by atoms with Crippen LogP contribution in [0, 0.1) is 0 Å². The van der Waals surface area contributed by atoms with Crippen molar-refractivity contribution in [2.45, 2.75) is 23.3 Å². The van der Waals surface area contributed by atoms with Crippen molar-refractivity contribution in [1.29, 1.82) is 0 Å². The van der Waals surface area contributed by atoms with Crippen molar-refractivity contribution >= 4 is 47.1 Å². The maximum absolute atomic E-state index is 13.3. The third-order valence-corrected chi connectivity index (χ3v) is 9.41. The topological polar surface area (TPSA) is 202 Å². The number of thioether (sulfide) groups is 2. The van der Waals surface area contributed by atoms with Crippen LogP contribution in [0.25, 0.3) is 56.9 Å². The van der Waals surface area contributed by atoms with Crippen molar-refractivity contribution < 1.29 is 51.3 Å². The third-order valence-electron chi connectivity index (χ3n) is 7.53. The molecule has 4 heterocycles. The van der Waals surface area contributed by atoms with Crippen molar-refractivity contribution in [1.82, 2.24) is 30.4 Å². The molecule has 0 unspecified atom stereocenters. The highest BCUT2D eigenvalue weighted by Crippen LogP contribution is 2.37. The van der Waals surface area contributed by atoms with Crippen molar-refractivity contribution in [3.63, 3.8) is 0 Å².